The van der Waals surface area contributed by atoms with Crippen molar-refractivity contribution in [2.75, 3.05) is 47.5 Å². The lowest BCUT2D eigenvalue weighted by atomic mass is 10.1. The summed E-state index contributed by atoms with van der Waals surface area (Å²) in [6.07, 6.45) is 58.3. The molecule has 63 heavy (non-hydrogen) atoms. The molecule has 0 rings (SSSR count). The highest BCUT2D eigenvalue weighted by Crippen LogP contribution is 2.12. The van der Waals surface area contributed by atoms with Crippen LogP contribution in [0.15, 0.2) is 122 Å². The van der Waals surface area contributed by atoms with Crippen LogP contribution in [-0.2, 0) is 33.3 Å². The monoisotopic (exact) mass is 876 g/mol. The van der Waals surface area contributed by atoms with Crippen LogP contribution >= 0.6 is 0 Å². The normalized spacial score (nSPS) is 14.0. The summed E-state index contributed by atoms with van der Waals surface area (Å²) in [6, 6.07) is 0. The van der Waals surface area contributed by atoms with Gasteiger partial charge in [-0.3, -0.25) is 9.59 Å². The molecule has 2 unspecified atom stereocenters. The molecule has 0 saturated carbocycles. The molecule has 0 aromatic carbocycles. The first-order valence-electron chi connectivity index (χ1n) is 23.7. The summed E-state index contributed by atoms with van der Waals surface area (Å²) < 4.78 is 22.4. The van der Waals surface area contributed by atoms with Gasteiger partial charge in [-0.05, 0) is 83.5 Å². The lowest BCUT2D eigenvalue weighted by molar-refractivity contribution is -0.870. The molecule has 0 radical (unpaired) electrons. The zero-order valence-electron chi connectivity index (χ0n) is 39.9. The summed E-state index contributed by atoms with van der Waals surface area (Å²) in [5.74, 6) is -2.48. The quantitative estimate of drug-likeness (QED) is 0.0196. The number of rotatable bonds is 41. The van der Waals surface area contributed by atoms with Gasteiger partial charge >= 0.3 is 11.9 Å². The molecule has 0 aromatic rings. The molecule has 0 aliphatic rings. The summed E-state index contributed by atoms with van der Waals surface area (Å²) in [6.45, 7) is 4.35. The number of hydrogen-bond acceptors (Lipinski definition) is 8. The van der Waals surface area contributed by atoms with Crippen LogP contribution in [0.25, 0.3) is 0 Å². The minimum atomic E-state index is -1.65. The summed E-state index contributed by atoms with van der Waals surface area (Å²) in [4.78, 5) is 37.0. The second-order valence-corrected chi connectivity index (χ2v) is 16.3. The third-order valence-electron chi connectivity index (χ3n) is 9.24. The van der Waals surface area contributed by atoms with E-state index in [9.17, 15) is 19.5 Å². The molecular weight excluding hydrogens is 791 g/mol. The van der Waals surface area contributed by atoms with Gasteiger partial charge in [-0.2, -0.15) is 0 Å². The molecule has 0 bridgehead atoms. The number of nitrogens with zero attached hydrogens (tertiary/aromatic N) is 1. The summed E-state index contributed by atoms with van der Waals surface area (Å²) in [7, 11) is 5.87. The first kappa shape index (κ1) is 58.7. The van der Waals surface area contributed by atoms with Crippen molar-refractivity contribution in [2.45, 2.75) is 155 Å². The lowest BCUT2D eigenvalue weighted by Crippen LogP contribution is -2.44. The Labute approximate surface area is 383 Å². The van der Waals surface area contributed by atoms with E-state index in [4.69, 9.17) is 18.9 Å². The fraction of sp³-hybridized carbons (Fsp3) is 0.574. The number of hydrogen-bond donors (Lipinski definition) is 0. The molecule has 0 amide bonds. The van der Waals surface area contributed by atoms with E-state index in [1.165, 1.54) is 12.8 Å². The van der Waals surface area contributed by atoms with Crippen LogP contribution in [0.5, 0.6) is 0 Å². The van der Waals surface area contributed by atoms with E-state index in [1.807, 2.05) is 33.3 Å². The number of carboxylic acid groups (broad SMARTS) is 1. The molecule has 9 heteroatoms. The van der Waals surface area contributed by atoms with Gasteiger partial charge in [0.15, 0.2) is 12.4 Å². The topological polar surface area (TPSA) is 111 Å². The number of carboxylic acids is 1. The van der Waals surface area contributed by atoms with Gasteiger partial charge in [-0.15, -0.1) is 0 Å². The van der Waals surface area contributed by atoms with Gasteiger partial charge in [-0.1, -0.05) is 167 Å². The van der Waals surface area contributed by atoms with Crippen molar-refractivity contribution in [1.82, 2.24) is 0 Å². The average Bonchev–Trinajstić information content (AvgIpc) is 3.24. The van der Waals surface area contributed by atoms with E-state index in [0.717, 1.165) is 89.9 Å². The van der Waals surface area contributed by atoms with Gasteiger partial charge in [0.05, 0.1) is 46.7 Å². The molecule has 0 aliphatic heterocycles. The maximum atomic E-state index is 12.8. The third-order valence-corrected chi connectivity index (χ3v) is 9.24. The largest absolute Gasteiger partial charge is 0.545 e. The Bertz CT molecular complexity index is 1440. The molecule has 0 N–H and O–H groups in total. The number of esters is 2. The van der Waals surface area contributed by atoms with Crippen LogP contribution in [0.1, 0.15) is 142 Å². The van der Waals surface area contributed by atoms with Crippen molar-refractivity contribution < 1.29 is 42.9 Å². The highest BCUT2D eigenvalue weighted by Gasteiger charge is 2.21. The van der Waals surface area contributed by atoms with Crippen molar-refractivity contribution in [3.63, 3.8) is 0 Å². The molecular formula is C54H85NO8. The van der Waals surface area contributed by atoms with Crippen LogP contribution in [0.3, 0.4) is 0 Å². The zero-order chi connectivity index (χ0) is 46.3. The smallest absolute Gasteiger partial charge is 0.309 e. The molecule has 0 heterocycles. The fourth-order valence-corrected chi connectivity index (χ4v) is 5.63. The fourth-order valence-electron chi connectivity index (χ4n) is 5.63. The third kappa shape index (κ3) is 45.5. The summed E-state index contributed by atoms with van der Waals surface area (Å²) in [5, 5.41) is 11.7. The number of unbranched alkanes of at least 4 members (excludes halogenated alkanes) is 7. The lowest BCUT2D eigenvalue weighted by Gasteiger charge is -2.26. The number of ether oxygens (including phenoxy) is 4. The van der Waals surface area contributed by atoms with E-state index < -0.39 is 30.3 Å². The standard InChI is InChI=1S/C54H85NO8/c1-6-8-10-12-14-16-18-20-22-23-24-25-26-27-28-29-31-33-35-37-39-41-43-45-52(57)63-50(49-62-54(53(58)59)60-47-46-55(3,4)5)48-61-51(56)44-42-40-38-36-34-32-30-21-19-17-15-13-11-9-7-2/h8-11,14-17,20-22,24-25,27-28,30,34,36,40,42,50,54H,6-7,12-13,18-19,23,26,29,31-33,35,37-39,41,43-49H2,1-5H3/b10-8-,11-9-,16-14-,17-15-,22-20-,25-24-,28-27-,30-21-,36-34-,42-40-. The Morgan fingerprint density at radius 2 is 0.905 bits per heavy atom. The van der Waals surface area contributed by atoms with Gasteiger partial charge < -0.3 is 33.3 Å². The minimum Gasteiger partial charge on any atom is -0.545 e. The Morgan fingerprint density at radius 1 is 0.492 bits per heavy atom. The van der Waals surface area contributed by atoms with Crippen LogP contribution < -0.4 is 5.11 Å². The second kappa shape index (κ2) is 44.3. The van der Waals surface area contributed by atoms with E-state index in [1.54, 1.807) is 6.08 Å². The van der Waals surface area contributed by atoms with Crippen LogP contribution in [0.4, 0.5) is 0 Å². The van der Waals surface area contributed by atoms with Gasteiger partial charge in [0.25, 0.3) is 0 Å². The molecule has 0 spiro atoms. The molecule has 0 saturated heterocycles. The number of allylic oxidation sites excluding steroid dienone is 19. The highest BCUT2D eigenvalue weighted by molar-refractivity contribution is 5.71. The first-order chi connectivity index (χ1) is 30.6. The van der Waals surface area contributed by atoms with Gasteiger partial charge in [0.1, 0.15) is 13.2 Å². The zero-order valence-corrected chi connectivity index (χ0v) is 39.9. The summed E-state index contributed by atoms with van der Waals surface area (Å²) >= 11 is 0. The van der Waals surface area contributed by atoms with Crippen LogP contribution in [-0.4, -0.2) is 82.3 Å². The molecule has 0 aliphatic carbocycles. The molecule has 2 atom stereocenters. The Hall–Kier alpha value is -4.31. The van der Waals surface area contributed by atoms with Crippen LogP contribution in [0, 0.1) is 0 Å². The van der Waals surface area contributed by atoms with Crippen molar-refractivity contribution in [3.05, 3.63) is 122 Å². The van der Waals surface area contributed by atoms with E-state index in [2.05, 4.69) is 117 Å². The number of likely N-dealkylation sites (N-methyl/N-ethyl adjacent to an activating group) is 1. The molecule has 0 aromatic heterocycles. The average molecular weight is 876 g/mol. The molecule has 0 fully saturated rings. The number of quaternary nitrogens is 1. The summed E-state index contributed by atoms with van der Waals surface area (Å²) in [5.41, 5.74) is 0. The van der Waals surface area contributed by atoms with Crippen molar-refractivity contribution in [3.8, 4) is 0 Å². The second-order valence-electron chi connectivity index (χ2n) is 16.3. The molecule has 9 nitrogen and oxygen atoms in total. The van der Waals surface area contributed by atoms with Crippen LogP contribution in [0.2, 0.25) is 0 Å². The SMILES string of the molecule is CC/C=C\C/C=C\C/C=C\C/C=C\C/C=C\CCCCCCCCCC(=O)OC(COC(=O)C/C=C\C/C=C\C/C=C\C/C=C\C/C=C\CC)COC(OCC[N+](C)(C)C)C(=O)[O-]. The predicted molar refractivity (Wildman–Crippen MR) is 260 cm³/mol. The minimum absolute atomic E-state index is 0.0499. The predicted octanol–water partition coefficient (Wildman–Crippen LogP) is 11.7. The van der Waals surface area contributed by atoms with E-state index in [0.29, 0.717) is 23.9 Å². The maximum absolute atomic E-state index is 12.8. The number of carbonyl (C=O) groups excluding carboxylic acids is 3. The Morgan fingerprint density at radius 3 is 1.35 bits per heavy atom. The van der Waals surface area contributed by atoms with Crippen molar-refractivity contribution in [2.24, 2.45) is 0 Å². The van der Waals surface area contributed by atoms with Gasteiger partial charge in [0.2, 0.25) is 0 Å². The highest BCUT2D eigenvalue weighted by atomic mass is 16.7. The first-order valence-corrected chi connectivity index (χ1v) is 23.7. The van der Waals surface area contributed by atoms with Gasteiger partial charge in [-0.25, -0.2) is 0 Å². The Kier molecular flexibility index (Phi) is 41.3. The Balaban J connectivity index is 4.53. The van der Waals surface area contributed by atoms with Gasteiger partial charge in [0, 0.05) is 6.42 Å². The molecule has 354 valence electrons. The maximum Gasteiger partial charge on any atom is 0.309 e. The van der Waals surface area contributed by atoms with E-state index >= 15 is 0 Å². The van der Waals surface area contributed by atoms with Crippen molar-refractivity contribution in [1.29, 1.82) is 0 Å². The van der Waals surface area contributed by atoms with E-state index in [-0.39, 0.29) is 32.7 Å². The number of carbonyl (C=O) groups is 3. The van der Waals surface area contributed by atoms with Crippen molar-refractivity contribution >= 4 is 17.9 Å². The number of aliphatic carboxylic acids is 1.